The maximum atomic E-state index is 12.9. The van der Waals surface area contributed by atoms with Crippen molar-refractivity contribution in [2.45, 2.75) is 20.8 Å². The van der Waals surface area contributed by atoms with Gasteiger partial charge in [0.25, 0.3) is 11.8 Å². The SMILES string of the molecule is Cc1ccc(C(=O)N/C(=C\c2cccs2)C(=O)Nc2cccc(C)c2C)cc1. The van der Waals surface area contributed by atoms with Crippen molar-refractivity contribution in [3.63, 3.8) is 0 Å². The number of benzene rings is 2. The van der Waals surface area contributed by atoms with Crippen LogP contribution in [0, 0.1) is 20.8 Å². The normalized spacial score (nSPS) is 11.2. The van der Waals surface area contributed by atoms with Crippen molar-refractivity contribution in [2.24, 2.45) is 0 Å². The highest BCUT2D eigenvalue weighted by molar-refractivity contribution is 7.10. The zero-order chi connectivity index (χ0) is 20.1. The summed E-state index contributed by atoms with van der Waals surface area (Å²) in [6.07, 6.45) is 1.69. The van der Waals surface area contributed by atoms with Gasteiger partial charge >= 0.3 is 0 Å². The first kappa shape index (κ1) is 19.6. The van der Waals surface area contributed by atoms with E-state index < -0.39 is 0 Å². The van der Waals surface area contributed by atoms with Crippen molar-refractivity contribution in [3.05, 3.63) is 92.8 Å². The van der Waals surface area contributed by atoms with Crippen molar-refractivity contribution >= 4 is 34.9 Å². The van der Waals surface area contributed by atoms with E-state index in [0.29, 0.717) is 5.56 Å². The Labute approximate surface area is 168 Å². The fourth-order valence-corrected chi connectivity index (χ4v) is 3.31. The van der Waals surface area contributed by atoms with Crippen LogP contribution in [0.4, 0.5) is 5.69 Å². The number of carbonyl (C=O) groups excluding carboxylic acids is 2. The average Bonchev–Trinajstić information content (AvgIpc) is 3.18. The number of hydrogen-bond acceptors (Lipinski definition) is 3. The van der Waals surface area contributed by atoms with Crippen LogP contribution >= 0.6 is 11.3 Å². The van der Waals surface area contributed by atoms with Crippen LogP contribution in [0.5, 0.6) is 0 Å². The molecular formula is C23H22N2O2S. The van der Waals surface area contributed by atoms with Gasteiger partial charge in [0.2, 0.25) is 0 Å². The highest BCUT2D eigenvalue weighted by atomic mass is 32.1. The van der Waals surface area contributed by atoms with Crippen molar-refractivity contribution in [3.8, 4) is 0 Å². The van der Waals surface area contributed by atoms with Crippen LogP contribution in [-0.4, -0.2) is 11.8 Å². The third kappa shape index (κ3) is 4.75. The summed E-state index contributed by atoms with van der Waals surface area (Å²) >= 11 is 1.50. The predicted molar refractivity (Wildman–Crippen MR) is 115 cm³/mol. The number of carbonyl (C=O) groups is 2. The number of thiophene rings is 1. The lowest BCUT2D eigenvalue weighted by Crippen LogP contribution is -2.30. The molecule has 0 bridgehead atoms. The molecule has 0 saturated heterocycles. The van der Waals surface area contributed by atoms with Gasteiger partial charge in [-0.1, -0.05) is 35.9 Å². The molecule has 0 saturated carbocycles. The number of anilines is 1. The maximum absolute atomic E-state index is 12.9. The number of amides is 2. The van der Waals surface area contributed by atoms with Gasteiger partial charge in [0.15, 0.2) is 0 Å². The maximum Gasteiger partial charge on any atom is 0.272 e. The van der Waals surface area contributed by atoms with Gasteiger partial charge in [-0.25, -0.2) is 0 Å². The van der Waals surface area contributed by atoms with Crippen LogP contribution in [0.3, 0.4) is 0 Å². The van der Waals surface area contributed by atoms with E-state index in [9.17, 15) is 9.59 Å². The summed E-state index contributed by atoms with van der Waals surface area (Å²) in [7, 11) is 0. The lowest BCUT2D eigenvalue weighted by Gasteiger charge is -2.13. The second-order valence-corrected chi connectivity index (χ2v) is 7.57. The first-order valence-electron chi connectivity index (χ1n) is 8.95. The second kappa shape index (κ2) is 8.67. The number of rotatable bonds is 5. The molecular weight excluding hydrogens is 368 g/mol. The Hall–Kier alpha value is -3.18. The summed E-state index contributed by atoms with van der Waals surface area (Å²) < 4.78 is 0. The molecule has 0 radical (unpaired) electrons. The molecule has 142 valence electrons. The standard InChI is InChI=1S/C23H22N2O2S/c1-15-9-11-18(12-10-15)22(26)25-21(14-19-7-5-13-28-19)23(27)24-20-8-4-6-16(2)17(20)3/h4-14H,1-3H3,(H,24,27)(H,25,26)/b21-14-. The third-order valence-corrected chi connectivity index (χ3v) is 5.31. The van der Waals surface area contributed by atoms with Crippen LogP contribution in [0.2, 0.25) is 0 Å². The van der Waals surface area contributed by atoms with E-state index in [1.54, 1.807) is 18.2 Å². The van der Waals surface area contributed by atoms with E-state index >= 15 is 0 Å². The van der Waals surface area contributed by atoms with Gasteiger partial charge in [-0.05, 0) is 67.6 Å². The van der Waals surface area contributed by atoms with Crippen molar-refractivity contribution in [1.29, 1.82) is 0 Å². The molecule has 0 unspecified atom stereocenters. The van der Waals surface area contributed by atoms with E-state index in [-0.39, 0.29) is 17.5 Å². The average molecular weight is 391 g/mol. The van der Waals surface area contributed by atoms with Crippen molar-refractivity contribution in [2.75, 3.05) is 5.32 Å². The van der Waals surface area contributed by atoms with E-state index in [2.05, 4.69) is 10.6 Å². The van der Waals surface area contributed by atoms with Gasteiger partial charge in [-0.3, -0.25) is 9.59 Å². The van der Waals surface area contributed by atoms with Crippen LogP contribution in [0.1, 0.15) is 31.9 Å². The van der Waals surface area contributed by atoms with Crippen LogP contribution in [-0.2, 0) is 4.79 Å². The Balaban J connectivity index is 1.86. The number of aryl methyl sites for hydroxylation is 2. The predicted octanol–water partition coefficient (Wildman–Crippen LogP) is 5.08. The summed E-state index contributed by atoms with van der Waals surface area (Å²) in [4.78, 5) is 26.5. The van der Waals surface area contributed by atoms with Gasteiger partial charge in [0.05, 0.1) is 0 Å². The first-order chi connectivity index (χ1) is 13.4. The third-order valence-electron chi connectivity index (χ3n) is 4.49. The number of hydrogen-bond donors (Lipinski definition) is 2. The zero-order valence-electron chi connectivity index (χ0n) is 16.1. The smallest absolute Gasteiger partial charge is 0.272 e. The van der Waals surface area contributed by atoms with Crippen LogP contribution in [0.25, 0.3) is 6.08 Å². The molecule has 0 spiro atoms. The molecule has 0 aliphatic heterocycles. The Morgan fingerprint density at radius 1 is 0.929 bits per heavy atom. The molecule has 0 fully saturated rings. The minimum absolute atomic E-state index is 0.203. The van der Waals surface area contributed by atoms with Gasteiger partial charge in [-0.2, -0.15) is 0 Å². The van der Waals surface area contributed by atoms with Gasteiger partial charge in [0, 0.05) is 16.1 Å². The lowest BCUT2D eigenvalue weighted by atomic mass is 10.1. The summed E-state index contributed by atoms with van der Waals surface area (Å²) in [5, 5.41) is 7.60. The van der Waals surface area contributed by atoms with Crippen molar-refractivity contribution < 1.29 is 9.59 Å². The molecule has 1 aromatic heterocycles. The topological polar surface area (TPSA) is 58.2 Å². The quantitative estimate of drug-likeness (QED) is 0.597. The largest absolute Gasteiger partial charge is 0.320 e. The van der Waals surface area contributed by atoms with Gasteiger partial charge in [-0.15, -0.1) is 11.3 Å². The molecule has 2 aromatic carbocycles. The molecule has 3 rings (SSSR count). The first-order valence-corrected chi connectivity index (χ1v) is 9.83. The molecule has 2 amide bonds. The minimum Gasteiger partial charge on any atom is -0.320 e. The molecule has 0 aliphatic rings. The van der Waals surface area contributed by atoms with Crippen LogP contribution in [0.15, 0.2) is 65.7 Å². The Kier molecular flexibility index (Phi) is 6.06. The Bertz CT molecular complexity index is 1020. The Morgan fingerprint density at radius 2 is 1.68 bits per heavy atom. The molecule has 4 nitrogen and oxygen atoms in total. The van der Waals surface area contributed by atoms with E-state index in [1.807, 2.05) is 68.6 Å². The zero-order valence-corrected chi connectivity index (χ0v) is 16.9. The summed E-state index contributed by atoms with van der Waals surface area (Å²) in [5.74, 6) is -0.679. The summed E-state index contributed by atoms with van der Waals surface area (Å²) in [5.41, 5.74) is 4.59. The fourth-order valence-electron chi connectivity index (χ4n) is 2.65. The fraction of sp³-hybridized carbons (Fsp3) is 0.130. The van der Waals surface area contributed by atoms with Gasteiger partial charge in [0.1, 0.15) is 5.70 Å². The molecule has 0 aliphatic carbocycles. The molecule has 2 N–H and O–H groups in total. The van der Waals surface area contributed by atoms with E-state index in [0.717, 1.165) is 27.3 Å². The van der Waals surface area contributed by atoms with E-state index in [1.165, 1.54) is 11.3 Å². The lowest BCUT2D eigenvalue weighted by molar-refractivity contribution is -0.113. The van der Waals surface area contributed by atoms with Crippen LogP contribution < -0.4 is 10.6 Å². The highest BCUT2D eigenvalue weighted by Crippen LogP contribution is 2.20. The molecule has 0 atom stereocenters. The molecule has 1 heterocycles. The second-order valence-electron chi connectivity index (χ2n) is 6.60. The van der Waals surface area contributed by atoms with E-state index in [4.69, 9.17) is 0 Å². The minimum atomic E-state index is -0.359. The molecule has 3 aromatic rings. The van der Waals surface area contributed by atoms with Crippen molar-refractivity contribution in [1.82, 2.24) is 5.32 Å². The number of nitrogens with one attached hydrogen (secondary N) is 2. The molecule has 28 heavy (non-hydrogen) atoms. The monoisotopic (exact) mass is 390 g/mol. The molecule has 5 heteroatoms. The summed E-state index contributed by atoms with van der Waals surface area (Å²) in [6.45, 7) is 5.91. The van der Waals surface area contributed by atoms with Gasteiger partial charge < -0.3 is 10.6 Å². The highest BCUT2D eigenvalue weighted by Gasteiger charge is 2.16. The Morgan fingerprint density at radius 3 is 2.36 bits per heavy atom. The summed E-state index contributed by atoms with van der Waals surface area (Å²) in [6, 6.07) is 16.8.